The SMILES string of the molecule is ClOc1ccccc1Cl.P. The van der Waals surface area contributed by atoms with E-state index in [9.17, 15) is 0 Å². The van der Waals surface area contributed by atoms with Crippen molar-refractivity contribution in [2.24, 2.45) is 0 Å². The highest BCUT2D eigenvalue weighted by Gasteiger charge is 1.95. The standard InChI is InChI=1S/C6H4Cl2O.H3P/c7-5-3-1-2-4-6(5)9-8;/h1-4H;1H3. The topological polar surface area (TPSA) is 9.23 Å². The summed E-state index contributed by atoms with van der Waals surface area (Å²) in [7, 11) is 0. The van der Waals surface area contributed by atoms with E-state index in [1.54, 1.807) is 18.2 Å². The van der Waals surface area contributed by atoms with Crippen molar-refractivity contribution in [2.75, 3.05) is 0 Å². The molecule has 0 bridgehead atoms. The summed E-state index contributed by atoms with van der Waals surface area (Å²) in [5.41, 5.74) is 0. The smallest absolute Gasteiger partial charge is 0.164 e. The molecule has 0 aliphatic heterocycles. The van der Waals surface area contributed by atoms with Crippen LogP contribution < -0.4 is 4.29 Å². The number of rotatable bonds is 1. The molecule has 1 unspecified atom stereocenters. The Labute approximate surface area is 73.1 Å². The molecule has 0 aliphatic carbocycles. The number of hydrogen-bond acceptors (Lipinski definition) is 1. The van der Waals surface area contributed by atoms with E-state index < -0.39 is 0 Å². The summed E-state index contributed by atoms with van der Waals surface area (Å²) in [4.78, 5) is 0. The van der Waals surface area contributed by atoms with Gasteiger partial charge in [-0.15, -0.1) is 0 Å². The summed E-state index contributed by atoms with van der Waals surface area (Å²) in [6, 6.07) is 7.00. The van der Waals surface area contributed by atoms with Crippen LogP contribution in [0.25, 0.3) is 0 Å². The molecule has 1 aromatic rings. The third kappa shape index (κ3) is 2.34. The normalized spacial score (nSPS) is 8.20. The third-order valence-corrected chi connectivity index (χ3v) is 1.40. The first-order valence-electron chi connectivity index (χ1n) is 2.37. The molecule has 0 heterocycles. The van der Waals surface area contributed by atoms with E-state index in [1.165, 1.54) is 0 Å². The predicted octanol–water partition coefficient (Wildman–Crippen LogP) is 2.93. The molecule has 1 atom stereocenters. The summed E-state index contributed by atoms with van der Waals surface area (Å²) < 4.78 is 4.39. The zero-order chi connectivity index (χ0) is 6.69. The molecule has 56 valence electrons. The van der Waals surface area contributed by atoms with Crippen LogP contribution in [0.15, 0.2) is 24.3 Å². The average Bonchev–Trinajstić information content (AvgIpc) is 1.89. The number of halogens is 2. The molecule has 0 amide bonds. The van der Waals surface area contributed by atoms with Crippen molar-refractivity contribution in [3.05, 3.63) is 29.3 Å². The molecule has 0 aromatic heterocycles. The van der Waals surface area contributed by atoms with Gasteiger partial charge in [0, 0.05) is 0 Å². The van der Waals surface area contributed by atoms with Crippen molar-refractivity contribution in [2.45, 2.75) is 0 Å². The molecule has 0 aliphatic rings. The highest BCUT2D eigenvalue weighted by Crippen LogP contribution is 2.23. The van der Waals surface area contributed by atoms with Crippen LogP contribution in [0.5, 0.6) is 5.75 Å². The zero-order valence-corrected chi connectivity index (χ0v) is 8.11. The Morgan fingerprint density at radius 3 is 2.20 bits per heavy atom. The fourth-order valence-electron chi connectivity index (χ4n) is 0.507. The van der Waals surface area contributed by atoms with Crippen LogP contribution >= 0.6 is 33.4 Å². The van der Waals surface area contributed by atoms with Gasteiger partial charge in [0.1, 0.15) is 11.9 Å². The maximum Gasteiger partial charge on any atom is 0.164 e. The highest BCUT2D eigenvalue weighted by molar-refractivity contribution is 6.92. The van der Waals surface area contributed by atoms with Crippen molar-refractivity contribution in [3.8, 4) is 5.75 Å². The lowest BCUT2D eigenvalue weighted by Crippen LogP contribution is -1.73. The van der Waals surface area contributed by atoms with E-state index in [0.29, 0.717) is 10.8 Å². The predicted molar refractivity (Wildman–Crippen MR) is 49.0 cm³/mol. The second-order valence-electron chi connectivity index (χ2n) is 1.51. The minimum absolute atomic E-state index is 0. The first kappa shape index (κ1) is 10.0. The Balaban J connectivity index is 0.000000810. The van der Waals surface area contributed by atoms with Gasteiger partial charge in [0.25, 0.3) is 0 Å². The van der Waals surface area contributed by atoms with E-state index in [-0.39, 0.29) is 9.90 Å². The van der Waals surface area contributed by atoms with Gasteiger partial charge in [-0.25, -0.2) is 0 Å². The fourth-order valence-corrected chi connectivity index (χ4v) is 0.856. The second kappa shape index (κ2) is 4.79. The summed E-state index contributed by atoms with van der Waals surface area (Å²) in [5.74, 6) is 0.487. The average molecular weight is 197 g/mol. The van der Waals surface area contributed by atoms with Gasteiger partial charge < -0.3 is 4.29 Å². The largest absolute Gasteiger partial charge is 0.384 e. The molecule has 1 nitrogen and oxygen atoms in total. The lowest BCUT2D eigenvalue weighted by Gasteiger charge is -1.95. The van der Waals surface area contributed by atoms with Crippen LogP contribution in [0.1, 0.15) is 0 Å². The van der Waals surface area contributed by atoms with Crippen molar-refractivity contribution >= 4 is 33.4 Å². The summed E-state index contributed by atoms with van der Waals surface area (Å²) in [6.07, 6.45) is 0. The lowest BCUT2D eigenvalue weighted by molar-refractivity contribution is 0.619. The van der Waals surface area contributed by atoms with E-state index in [0.717, 1.165) is 0 Å². The quantitative estimate of drug-likeness (QED) is 0.628. The van der Waals surface area contributed by atoms with E-state index in [1.807, 2.05) is 6.07 Å². The van der Waals surface area contributed by atoms with Gasteiger partial charge in [-0.05, 0) is 12.1 Å². The minimum Gasteiger partial charge on any atom is -0.384 e. The Morgan fingerprint density at radius 2 is 1.80 bits per heavy atom. The zero-order valence-electron chi connectivity index (χ0n) is 5.18. The first-order valence-corrected chi connectivity index (χ1v) is 3.06. The van der Waals surface area contributed by atoms with Gasteiger partial charge in [0.05, 0.1) is 5.02 Å². The van der Waals surface area contributed by atoms with Gasteiger partial charge in [-0.1, -0.05) is 23.7 Å². The Bertz CT molecular complexity index is 205. The molecule has 4 heteroatoms. The second-order valence-corrected chi connectivity index (χ2v) is 2.07. The van der Waals surface area contributed by atoms with Gasteiger partial charge >= 0.3 is 0 Å². The maximum absolute atomic E-state index is 5.61. The maximum atomic E-state index is 5.61. The molecular weight excluding hydrogens is 190 g/mol. The molecule has 0 spiro atoms. The van der Waals surface area contributed by atoms with Crippen molar-refractivity contribution in [1.29, 1.82) is 0 Å². The Kier molecular flexibility index (Phi) is 4.80. The van der Waals surface area contributed by atoms with Crippen LogP contribution in [0.3, 0.4) is 0 Å². The first-order chi connectivity index (χ1) is 4.34. The van der Waals surface area contributed by atoms with Crippen molar-refractivity contribution in [3.63, 3.8) is 0 Å². The Hall–Kier alpha value is 0.0300. The molecular formula is C6H7Cl2OP. The van der Waals surface area contributed by atoms with Crippen molar-refractivity contribution < 1.29 is 4.29 Å². The molecule has 0 saturated carbocycles. The van der Waals surface area contributed by atoms with Gasteiger partial charge in [0.2, 0.25) is 0 Å². The summed E-state index contributed by atoms with van der Waals surface area (Å²) >= 11 is 10.7. The van der Waals surface area contributed by atoms with Gasteiger partial charge in [0.15, 0.2) is 5.75 Å². The minimum atomic E-state index is 0. The Morgan fingerprint density at radius 1 is 1.20 bits per heavy atom. The molecule has 0 N–H and O–H groups in total. The molecule has 1 aromatic carbocycles. The number of hydrogen-bond donors (Lipinski definition) is 0. The van der Waals surface area contributed by atoms with Crippen molar-refractivity contribution in [1.82, 2.24) is 0 Å². The molecule has 0 radical (unpaired) electrons. The van der Waals surface area contributed by atoms with E-state index in [4.69, 9.17) is 23.5 Å². The van der Waals surface area contributed by atoms with Crippen LogP contribution in [0.2, 0.25) is 5.02 Å². The van der Waals surface area contributed by atoms with Gasteiger partial charge in [-0.2, -0.15) is 9.90 Å². The van der Waals surface area contributed by atoms with Crippen LogP contribution in [-0.2, 0) is 0 Å². The van der Waals surface area contributed by atoms with E-state index >= 15 is 0 Å². The monoisotopic (exact) mass is 196 g/mol. The molecule has 0 fully saturated rings. The van der Waals surface area contributed by atoms with Crippen LogP contribution in [0.4, 0.5) is 0 Å². The molecule has 10 heavy (non-hydrogen) atoms. The summed E-state index contributed by atoms with van der Waals surface area (Å²) in [5, 5.41) is 0.521. The lowest BCUT2D eigenvalue weighted by atomic mass is 10.3. The highest BCUT2D eigenvalue weighted by atomic mass is 35.5. The van der Waals surface area contributed by atoms with Crippen LogP contribution in [0, 0.1) is 0 Å². The third-order valence-electron chi connectivity index (χ3n) is 0.920. The number of para-hydroxylation sites is 1. The molecule has 0 saturated heterocycles. The fraction of sp³-hybridized carbons (Fsp3) is 0. The van der Waals surface area contributed by atoms with Gasteiger partial charge in [-0.3, -0.25) is 0 Å². The number of benzene rings is 1. The van der Waals surface area contributed by atoms with Crippen LogP contribution in [-0.4, -0.2) is 0 Å². The summed E-state index contributed by atoms with van der Waals surface area (Å²) in [6.45, 7) is 0. The van der Waals surface area contributed by atoms with E-state index in [2.05, 4.69) is 4.29 Å². The molecule has 1 rings (SSSR count).